The van der Waals surface area contributed by atoms with Crippen molar-refractivity contribution in [3.05, 3.63) is 204 Å². The van der Waals surface area contributed by atoms with E-state index in [1.165, 1.54) is 18.4 Å². The number of hydrogen-bond donors (Lipinski definition) is 0. The van der Waals surface area contributed by atoms with Gasteiger partial charge in [0.05, 0.1) is 58.4 Å². The number of rotatable bonds is 34. The fraction of sp³-hybridized carbons (Fsp3) is 0.413. The van der Waals surface area contributed by atoms with Gasteiger partial charge < -0.3 is 42.6 Å². The second-order valence-corrected chi connectivity index (χ2v) is 18.7. The smallest absolute Gasteiger partial charge is 0.338 e. The lowest BCUT2D eigenvalue weighted by atomic mass is 9.97. The third kappa shape index (κ3) is 19.8. The Hall–Kier alpha value is -5.85. The summed E-state index contributed by atoms with van der Waals surface area (Å²) in [5.41, 5.74) is 4.65. The first kappa shape index (κ1) is 54.9. The zero-order valence-electron chi connectivity index (χ0n) is 42.7. The van der Waals surface area contributed by atoms with Gasteiger partial charge in [0.25, 0.3) is 0 Å². The van der Waals surface area contributed by atoms with E-state index < -0.39 is 36.7 Å². The van der Waals surface area contributed by atoms with Crippen LogP contribution in [0.3, 0.4) is 0 Å². The summed E-state index contributed by atoms with van der Waals surface area (Å²) in [5, 5.41) is 0. The highest BCUT2D eigenvalue weighted by Gasteiger charge is 2.50. The summed E-state index contributed by atoms with van der Waals surface area (Å²) < 4.78 is 57.5. The van der Waals surface area contributed by atoms with Crippen LogP contribution in [0, 0.1) is 0 Å². The van der Waals surface area contributed by atoms with Gasteiger partial charge in [-0.15, -0.1) is 0 Å². The molecule has 73 heavy (non-hydrogen) atoms. The van der Waals surface area contributed by atoms with Crippen LogP contribution in [0.15, 0.2) is 176 Å². The summed E-state index contributed by atoms with van der Waals surface area (Å²) in [7, 11) is 1.67. The molecule has 7 rings (SSSR count). The Kier molecular flexibility index (Phi) is 24.3. The Morgan fingerprint density at radius 2 is 0.932 bits per heavy atom. The van der Waals surface area contributed by atoms with Gasteiger partial charge in [0.15, 0.2) is 12.4 Å². The average molecular weight is 993 g/mol. The molecular weight excluding hydrogens is 917 g/mol. The van der Waals surface area contributed by atoms with Gasteiger partial charge in [-0.25, -0.2) is 4.79 Å². The molecule has 0 aromatic heterocycles. The van der Waals surface area contributed by atoms with Gasteiger partial charge >= 0.3 is 5.97 Å². The molecule has 1 heterocycles. The lowest BCUT2D eigenvalue weighted by Crippen LogP contribution is -2.62. The van der Waals surface area contributed by atoms with E-state index in [4.69, 9.17) is 42.6 Å². The molecule has 6 aromatic carbocycles. The van der Waals surface area contributed by atoms with E-state index in [1.54, 1.807) is 19.2 Å². The molecule has 0 radical (unpaired) electrons. The monoisotopic (exact) mass is 993 g/mol. The van der Waals surface area contributed by atoms with Crippen LogP contribution in [0.2, 0.25) is 0 Å². The van der Waals surface area contributed by atoms with Crippen molar-refractivity contribution in [2.24, 2.45) is 0 Å². The molecule has 0 bridgehead atoms. The van der Waals surface area contributed by atoms with Gasteiger partial charge in [0.1, 0.15) is 29.8 Å². The van der Waals surface area contributed by atoms with Gasteiger partial charge in [0.2, 0.25) is 0 Å². The topological polar surface area (TPSA) is 100 Å². The van der Waals surface area contributed by atoms with Crippen molar-refractivity contribution >= 4 is 5.97 Å². The van der Waals surface area contributed by atoms with E-state index in [9.17, 15) is 4.79 Å². The Morgan fingerprint density at radius 3 is 1.49 bits per heavy atom. The Labute approximate surface area is 434 Å². The van der Waals surface area contributed by atoms with Crippen molar-refractivity contribution < 1.29 is 47.4 Å². The Balaban J connectivity index is 0.933. The van der Waals surface area contributed by atoms with Gasteiger partial charge in [-0.1, -0.05) is 191 Å². The Bertz CT molecular complexity index is 2340. The second kappa shape index (κ2) is 32.4. The predicted octanol–water partition coefficient (Wildman–Crippen LogP) is 13.7. The molecular formula is C63H76O10. The normalized spacial score (nSPS) is 18.0. The largest absolute Gasteiger partial charge is 0.497 e. The number of esters is 1. The zero-order chi connectivity index (χ0) is 50.4. The quantitative estimate of drug-likeness (QED) is 0.0287. The molecule has 0 amide bonds. The molecule has 0 saturated carbocycles. The van der Waals surface area contributed by atoms with Crippen molar-refractivity contribution in [3.63, 3.8) is 0 Å². The summed E-state index contributed by atoms with van der Waals surface area (Å²) in [4.78, 5) is 13.9. The fourth-order valence-corrected chi connectivity index (χ4v) is 9.00. The minimum absolute atomic E-state index is 0.205. The van der Waals surface area contributed by atoms with E-state index >= 15 is 0 Å². The average Bonchev–Trinajstić information content (AvgIpc) is 3.44. The second-order valence-electron chi connectivity index (χ2n) is 18.7. The first-order valence-electron chi connectivity index (χ1n) is 26.5. The van der Waals surface area contributed by atoms with Crippen LogP contribution in [-0.4, -0.2) is 69.7 Å². The van der Waals surface area contributed by atoms with Crippen LogP contribution in [0.5, 0.6) is 11.5 Å². The van der Waals surface area contributed by atoms with Crippen molar-refractivity contribution in [2.75, 3.05) is 26.9 Å². The van der Waals surface area contributed by atoms with E-state index in [2.05, 4.69) is 24.3 Å². The van der Waals surface area contributed by atoms with E-state index in [0.29, 0.717) is 32.0 Å². The van der Waals surface area contributed by atoms with Crippen molar-refractivity contribution in [1.29, 1.82) is 0 Å². The fourth-order valence-electron chi connectivity index (χ4n) is 9.00. The molecule has 0 aliphatic carbocycles. The van der Waals surface area contributed by atoms with Crippen molar-refractivity contribution in [3.8, 4) is 11.5 Å². The van der Waals surface area contributed by atoms with Crippen LogP contribution in [0.25, 0.3) is 0 Å². The standard InChI is InChI=1S/C63H76O10/c1-65-55-39-41-57(42-40-55)67-43-25-6-2-4-23-37-56(69-46-51-29-15-9-16-30-51)38-24-5-3-7-26-44-68-63-61(73-62(64)54-35-21-12-22-36-54)60(71-48-53-33-19-11-20-34-53)59(70-47-52-31-17-10-18-32-52)58(72-63)49-66-45-50-27-13-8-14-28-50/h8-22,27-36,39-42,56,58-61,63H,2-7,23-26,37-38,43-49H2,1H3/t56?,58-,59-,60+,61-,63-/m1/s1. The number of benzene rings is 6. The van der Waals surface area contributed by atoms with Crippen LogP contribution in [-0.2, 0) is 59.6 Å². The molecule has 6 atom stereocenters. The highest BCUT2D eigenvalue weighted by Crippen LogP contribution is 2.32. The van der Waals surface area contributed by atoms with Crippen LogP contribution >= 0.6 is 0 Å². The summed E-state index contributed by atoms with van der Waals surface area (Å²) >= 11 is 0. The zero-order valence-corrected chi connectivity index (χ0v) is 42.7. The van der Waals surface area contributed by atoms with Crippen molar-refractivity contribution in [1.82, 2.24) is 0 Å². The lowest BCUT2D eigenvalue weighted by Gasteiger charge is -2.45. The molecule has 6 aromatic rings. The SMILES string of the molecule is COc1ccc(OCCCCCCCC(CCCCCCCO[C@@H]2O[C@H](COCc3ccccc3)[C@@H](OCc3ccccc3)[C@H](OCc3ccccc3)[C@H]2OC(=O)c2ccccc2)OCc2ccccc2)cc1. The predicted molar refractivity (Wildman–Crippen MR) is 285 cm³/mol. The first-order valence-corrected chi connectivity index (χ1v) is 26.5. The molecule has 10 nitrogen and oxygen atoms in total. The molecule has 1 unspecified atom stereocenters. The summed E-state index contributed by atoms with van der Waals surface area (Å²) in [6.07, 6.45) is 9.19. The molecule has 1 fully saturated rings. The van der Waals surface area contributed by atoms with Gasteiger partial charge in [-0.05, 0) is 84.3 Å². The lowest BCUT2D eigenvalue weighted by molar-refractivity contribution is -0.318. The van der Waals surface area contributed by atoms with E-state index in [0.717, 1.165) is 99.0 Å². The van der Waals surface area contributed by atoms with Gasteiger partial charge in [-0.2, -0.15) is 0 Å². The minimum atomic E-state index is -0.950. The maximum atomic E-state index is 13.9. The highest BCUT2D eigenvalue weighted by atomic mass is 16.7. The number of carbonyl (C=O) groups is 1. The first-order chi connectivity index (χ1) is 36.1. The number of ether oxygens (including phenoxy) is 9. The summed E-state index contributed by atoms with van der Waals surface area (Å²) in [5.74, 6) is 1.23. The molecule has 0 N–H and O–H groups in total. The van der Waals surface area contributed by atoms with E-state index in [-0.39, 0.29) is 19.3 Å². The molecule has 1 aliphatic heterocycles. The Morgan fingerprint density at radius 1 is 0.466 bits per heavy atom. The maximum Gasteiger partial charge on any atom is 0.338 e. The highest BCUT2D eigenvalue weighted by molar-refractivity contribution is 5.89. The number of carbonyl (C=O) groups excluding carboxylic acids is 1. The number of unbranched alkanes of at least 4 members (excludes halogenated alkanes) is 8. The summed E-state index contributed by atoms with van der Waals surface area (Å²) in [6, 6.07) is 57.3. The minimum Gasteiger partial charge on any atom is -0.497 e. The van der Waals surface area contributed by atoms with Gasteiger partial charge in [-0.3, -0.25) is 0 Å². The third-order valence-corrected chi connectivity index (χ3v) is 13.1. The molecule has 388 valence electrons. The molecule has 1 aliphatic rings. The van der Waals surface area contributed by atoms with Crippen molar-refractivity contribution in [2.45, 2.75) is 140 Å². The maximum absolute atomic E-state index is 13.9. The molecule has 10 heteroatoms. The van der Waals surface area contributed by atoms with E-state index in [1.807, 2.05) is 140 Å². The third-order valence-electron chi connectivity index (χ3n) is 13.1. The van der Waals surface area contributed by atoms with Crippen LogP contribution in [0.4, 0.5) is 0 Å². The number of hydrogen-bond acceptors (Lipinski definition) is 10. The van der Waals surface area contributed by atoms with Gasteiger partial charge in [0, 0.05) is 6.61 Å². The molecule has 0 spiro atoms. The summed E-state index contributed by atoms with van der Waals surface area (Å²) in [6.45, 7) is 2.93. The molecule has 1 saturated heterocycles. The van der Waals surface area contributed by atoms with Crippen LogP contribution in [0.1, 0.15) is 110 Å². The van der Waals surface area contributed by atoms with Crippen LogP contribution < -0.4 is 9.47 Å². The number of methoxy groups -OCH3 is 1.